The molecule has 0 saturated heterocycles. The van der Waals surface area contributed by atoms with Gasteiger partial charge in [0.25, 0.3) is 5.91 Å². The zero-order valence-electron chi connectivity index (χ0n) is 24.5. The van der Waals surface area contributed by atoms with Crippen LogP contribution in [0.2, 0.25) is 0 Å². The van der Waals surface area contributed by atoms with Crippen LogP contribution in [0.3, 0.4) is 0 Å². The van der Waals surface area contributed by atoms with E-state index in [9.17, 15) is 26.4 Å². The minimum absolute atomic E-state index is 0.00309. The number of alkyl halides is 3. The molecule has 45 heavy (non-hydrogen) atoms. The van der Waals surface area contributed by atoms with Gasteiger partial charge in [0.1, 0.15) is 5.75 Å². The average molecular weight is 638 g/mol. The molecule has 0 radical (unpaired) electrons. The van der Waals surface area contributed by atoms with Gasteiger partial charge in [0.05, 0.1) is 4.90 Å². The van der Waals surface area contributed by atoms with Gasteiger partial charge in [-0.1, -0.05) is 68.1 Å². The van der Waals surface area contributed by atoms with Crippen LogP contribution in [0.5, 0.6) is 5.75 Å². The second kappa shape index (κ2) is 14.3. The highest BCUT2D eigenvalue weighted by molar-refractivity contribution is 7.89. The molecule has 1 aliphatic rings. The summed E-state index contributed by atoms with van der Waals surface area (Å²) in [5.74, 6) is -0.578. The van der Waals surface area contributed by atoms with Gasteiger partial charge in [-0.3, -0.25) is 9.78 Å². The van der Waals surface area contributed by atoms with E-state index in [1.807, 2.05) is 48.5 Å². The molecule has 3 aromatic carbocycles. The number of ether oxygens (including phenoxy) is 1. The van der Waals surface area contributed by atoms with Gasteiger partial charge in [0.2, 0.25) is 10.0 Å². The van der Waals surface area contributed by atoms with Crippen LogP contribution in [-0.4, -0.2) is 36.0 Å². The maximum absolute atomic E-state index is 13.7. The first-order valence-electron chi connectivity index (χ1n) is 14.8. The molecule has 1 aromatic heterocycles. The van der Waals surface area contributed by atoms with Crippen molar-refractivity contribution in [3.05, 3.63) is 114 Å². The van der Waals surface area contributed by atoms with Gasteiger partial charge < -0.3 is 10.1 Å². The highest BCUT2D eigenvalue weighted by atomic mass is 32.2. The number of carbonyl (C=O) groups excluding carboxylic acids is 1. The van der Waals surface area contributed by atoms with Crippen LogP contribution in [0.4, 0.5) is 13.2 Å². The lowest BCUT2D eigenvalue weighted by atomic mass is 10.0. The number of carbonyl (C=O) groups is 1. The molecule has 7 nitrogen and oxygen atoms in total. The summed E-state index contributed by atoms with van der Waals surface area (Å²) < 4.78 is 70.3. The third-order valence-corrected chi connectivity index (χ3v) is 9.57. The Morgan fingerprint density at radius 3 is 2.00 bits per heavy atom. The first kappa shape index (κ1) is 32.2. The number of halogens is 3. The predicted octanol–water partition coefficient (Wildman–Crippen LogP) is 7.49. The van der Waals surface area contributed by atoms with Crippen LogP contribution in [0.25, 0.3) is 11.1 Å². The first-order valence-corrected chi connectivity index (χ1v) is 16.3. The van der Waals surface area contributed by atoms with Crippen molar-refractivity contribution in [2.24, 2.45) is 0 Å². The average Bonchev–Trinajstić information content (AvgIpc) is 3.30. The first-order chi connectivity index (χ1) is 21.6. The van der Waals surface area contributed by atoms with E-state index >= 15 is 0 Å². The molecular weight excluding hydrogens is 603 g/mol. The third kappa shape index (κ3) is 8.92. The van der Waals surface area contributed by atoms with Crippen molar-refractivity contribution in [2.45, 2.75) is 68.9 Å². The van der Waals surface area contributed by atoms with Crippen LogP contribution in [0.1, 0.15) is 60.0 Å². The fourth-order valence-electron chi connectivity index (χ4n) is 5.40. The van der Waals surface area contributed by atoms with Crippen LogP contribution in [0, 0.1) is 0 Å². The molecule has 4 aromatic rings. The van der Waals surface area contributed by atoms with Crippen molar-refractivity contribution in [3.63, 3.8) is 0 Å². The van der Waals surface area contributed by atoms with E-state index in [1.165, 1.54) is 17.1 Å². The van der Waals surface area contributed by atoms with Crippen LogP contribution in [0.15, 0.2) is 102 Å². The normalized spacial score (nSPS) is 14.6. The molecule has 1 heterocycles. The highest BCUT2D eigenvalue weighted by Gasteiger charge is 2.31. The summed E-state index contributed by atoms with van der Waals surface area (Å²) in [7, 11) is -4.12. The minimum Gasteiger partial charge on any atom is -0.406 e. The van der Waals surface area contributed by atoms with Gasteiger partial charge >= 0.3 is 6.36 Å². The summed E-state index contributed by atoms with van der Waals surface area (Å²) in [6.45, 7) is 0.0156. The summed E-state index contributed by atoms with van der Waals surface area (Å²) >= 11 is 0. The van der Waals surface area contributed by atoms with Crippen molar-refractivity contribution in [1.29, 1.82) is 0 Å². The lowest BCUT2D eigenvalue weighted by molar-refractivity contribution is -0.274. The van der Waals surface area contributed by atoms with E-state index < -0.39 is 22.1 Å². The highest BCUT2D eigenvalue weighted by Crippen LogP contribution is 2.28. The molecule has 0 unspecified atom stereocenters. The molecular formula is C34H34F3N3O4S. The largest absolute Gasteiger partial charge is 0.573 e. The maximum Gasteiger partial charge on any atom is 0.573 e. The molecule has 1 aliphatic carbocycles. The summed E-state index contributed by atoms with van der Waals surface area (Å²) in [5, 5.41) is 3.16. The molecule has 0 bridgehead atoms. The van der Waals surface area contributed by atoms with Gasteiger partial charge in [0, 0.05) is 37.1 Å². The lowest BCUT2D eigenvalue weighted by Crippen LogP contribution is -2.34. The van der Waals surface area contributed by atoms with E-state index in [4.69, 9.17) is 0 Å². The summed E-state index contributed by atoms with van der Waals surface area (Å²) in [6.07, 6.45) is 5.00. The fraction of sp³-hybridized carbons (Fsp3) is 0.294. The Morgan fingerprint density at radius 1 is 0.822 bits per heavy atom. The SMILES string of the molecule is O=C(NC1CCCCCC1)c1ccc(-c2ccc(CN(Cc3cccnc3)S(=O)(=O)c3ccc(OC(F)(F)F)cc3)cc2)cc1. The van der Waals surface area contributed by atoms with E-state index in [1.54, 1.807) is 24.5 Å². The number of sulfonamides is 1. The van der Waals surface area contributed by atoms with Crippen molar-refractivity contribution in [2.75, 3.05) is 0 Å². The molecule has 11 heteroatoms. The van der Waals surface area contributed by atoms with Gasteiger partial charge in [-0.2, -0.15) is 4.31 Å². The number of aromatic nitrogens is 1. The smallest absolute Gasteiger partial charge is 0.406 e. The van der Waals surface area contributed by atoms with Crippen LogP contribution < -0.4 is 10.1 Å². The monoisotopic (exact) mass is 637 g/mol. The van der Waals surface area contributed by atoms with E-state index in [2.05, 4.69) is 15.0 Å². The number of rotatable bonds is 10. The van der Waals surface area contributed by atoms with Gasteiger partial charge in [0.15, 0.2) is 0 Å². The Kier molecular flexibility index (Phi) is 10.2. The minimum atomic E-state index is -4.89. The van der Waals surface area contributed by atoms with Crippen molar-refractivity contribution >= 4 is 15.9 Å². The molecule has 1 N–H and O–H groups in total. The number of hydrogen-bond donors (Lipinski definition) is 1. The summed E-state index contributed by atoms with van der Waals surface area (Å²) in [5.41, 5.74) is 3.78. The zero-order valence-corrected chi connectivity index (χ0v) is 25.4. The lowest BCUT2D eigenvalue weighted by Gasteiger charge is -2.23. The molecule has 0 atom stereocenters. The Labute approximate surface area is 261 Å². The topological polar surface area (TPSA) is 88.6 Å². The second-order valence-corrected chi connectivity index (χ2v) is 13.0. The van der Waals surface area contributed by atoms with Crippen molar-refractivity contribution in [1.82, 2.24) is 14.6 Å². The molecule has 1 amide bonds. The fourth-order valence-corrected chi connectivity index (χ4v) is 6.81. The summed E-state index contributed by atoms with van der Waals surface area (Å²) in [4.78, 5) is 16.7. The van der Waals surface area contributed by atoms with Crippen molar-refractivity contribution in [3.8, 4) is 16.9 Å². The van der Waals surface area contributed by atoms with E-state index in [0.29, 0.717) is 16.7 Å². The van der Waals surface area contributed by atoms with Crippen LogP contribution in [-0.2, 0) is 23.1 Å². The Morgan fingerprint density at radius 2 is 1.42 bits per heavy atom. The molecule has 5 rings (SSSR count). The predicted molar refractivity (Wildman–Crippen MR) is 165 cm³/mol. The number of nitrogens with one attached hydrogen (secondary N) is 1. The third-order valence-electron chi connectivity index (χ3n) is 7.76. The molecule has 0 aliphatic heterocycles. The number of hydrogen-bond acceptors (Lipinski definition) is 5. The van der Waals surface area contributed by atoms with E-state index in [-0.39, 0.29) is 29.9 Å². The molecule has 236 valence electrons. The molecule has 0 spiro atoms. The van der Waals surface area contributed by atoms with Crippen molar-refractivity contribution < 1.29 is 31.1 Å². The van der Waals surface area contributed by atoms with Gasteiger partial charge in [-0.15, -0.1) is 13.2 Å². The Balaban J connectivity index is 1.30. The molecule has 1 fully saturated rings. The number of nitrogens with zero attached hydrogens (tertiary/aromatic N) is 2. The maximum atomic E-state index is 13.7. The van der Waals surface area contributed by atoms with Gasteiger partial charge in [-0.05, 0) is 77.6 Å². The summed E-state index contributed by atoms with van der Waals surface area (Å²) in [6, 6.07) is 22.6. The Hall–Kier alpha value is -4.22. The second-order valence-electron chi connectivity index (χ2n) is 11.1. The molecule has 1 saturated carbocycles. The zero-order chi connectivity index (χ0) is 31.9. The number of pyridine rings is 1. The quantitative estimate of drug-likeness (QED) is 0.182. The van der Waals surface area contributed by atoms with Gasteiger partial charge in [-0.25, -0.2) is 8.42 Å². The number of amides is 1. The van der Waals surface area contributed by atoms with Crippen LogP contribution >= 0.6 is 0 Å². The van der Waals surface area contributed by atoms with E-state index in [0.717, 1.165) is 61.1 Å². The number of benzene rings is 3. The standard InChI is InChI=1S/C34H34F3N3O4S/c35-34(36,37)44-31-17-19-32(20-18-31)45(42,43)40(24-26-6-5-21-38-22-26)23-25-9-11-27(12-10-25)28-13-15-29(16-14-28)33(41)39-30-7-3-1-2-4-8-30/h5-6,9-22,30H,1-4,7-8,23-24H2,(H,39,41). The Bertz CT molecular complexity index is 1660.